The van der Waals surface area contributed by atoms with Gasteiger partial charge in [-0.15, -0.1) is 0 Å². The Labute approximate surface area is 180 Å². The number of piperidine rings is 1. The number of nitrogens with zero attached hydrogens (tertiary/aromatic N) is 1. The largest absolute Gasteiger partial charge is 0.416 e. The van der Waals surface area contributed by atoms with Gasteiger partial charge in [0.15, 0.2) is 0 Å². The lowest BCUT2D eigenvalue weighted by Gasteiger charge is -2.37. The summed E-state index contributed by atoms with van der Waals surface area (Å²) >= 11 is 0. The van der Waals surface area contributed by atoms with Crippen molar-refractivity contribution in [3.8, 4) is 0 Å². The van der Waals surface area contributed by atoms with Crippen LogP contribution in [-0.2, 0) is 11.0 Å². The van der Waals surface area contributed by atoms with Crippen molar-refractivity contribution < 1.29 is 18.0 Å². The van der Waals surface area contributed by atoms with Crippen LogP contribution in [0.2, 0.25) is 0 Å². The average Bonchev–Trinajstić information content (AvgIpc) is 2.94. The van der Waals surface area contributed by atoms with Crippen LogP contribution in [0.25, 0.3) is 5.57 Å². The summed E-state index contributed by atoms with van der Waals surface area (Å²) in [4.78, 5) is 15.3. The first-order chi connectivity index (χ1) is 14.6. The van der Waals surface area contributed by atoms with Gasteiger partial charge < -0.3 is 21.7 Å². The van der Waals surface area contributed by atoms with Gasteiger partial charge in [-0.05, 0) is 68.0 Å². The van der Waals surface area contributed by atoms with Gasteiger partial charge in [-0.3, -0.25) is 4.79 Å². The maximum atomic E-state index is 12.9. The maximum Gasteiger partial charge on any atom is 0.416 e. The number of carbonyl (C=O) groups is 1. The number of hydrogen-bond acceptors (Lipinski definition) is 4. The molecular weight excluding hydrogens is 405 g/mol. The normalized spacial score (nSPS) is 29.9. The van der Waals surface area contributed by atoms with E-state index in [9.17, 15) is 18.0 Å². The van der Waals surface area contributed by atoms with Gasteiger partial charge in [0.1, 0.15) is 6.04 Å². The Morgan fingerprint density at radius 2 is 1.77 bits per heavy atom. The zero-order valence-electron chi connectivity index (χ0n) is 17.5. The van der Waals surface area contributed by atoms with Crippen molar-refractivity contribution in [1.82, 2.24) is 10.2 Å². The van der Waals surface area contributed by atoms with Crippen molar-refractivity contribution in [1.29, 1.82) is 0 Å². The molecule has 31 heavy (non-hydrogen) atoms. The van der Waals surface area contributed by atoms with Crippen molar-refractivity contribution >= 4 is 11.5 Å². The topological polar surface area (TPSA) is 84.4 Å². The molecule has 1 amide bonds. The fraction of sp³-hybridized carbons (Fsp3) is 0.522. The minimum atomic E-state index is -4.38. The lowest BCUT2D eigenvalue weighted by Crippen LogP contribution is -2.53. The van der Waals surface area contributed by atoms with Gasteiger partial charge in [-0.2, -0.15) is 13.2 Å². The van der Waals surface area contributed by atoms with Gasteiger partial charge in [0.25, 0.3) is 0 Å². The van der Waals surface area contributed by atoms with Crippen molar-refractivity contribution in [2.24, 2.45) is 11.5 Å². The molecule has 0 saturated carbocycles. The van der Waals surface area contributed by atoms with E-state index in [-0.39, 0.29) is 11.9 Å². The zero-order chi connectivity index (χ0) is 22.3. The van der Waals surface area contributed by atoms with Gasteiger partial charge in [-0.25, -0.2) is 0 Å². The van der Waals surface area contributed by atoms with Crippen LogP contribution in [0.5, 0.6) is 0 Å². The highest BCUT2D eigenvalue weighted by Gasteiger charge is 2.39. The number of carbonyl (C=O) groups excluding carboxylic acids is 1. The molecule has 168 valence electrons. The molecule has 1 aromatic carbocycles. The van der Waals surface area contributed by atoms with Crippen LogP contribution in [0.1, 0.15) is 43.2 Å². The molecule has 0 aromatic heterocycles. The number of halogens is 3. The second-order valence-electron chi connectivity index (χ2n) is 8.93. The molecule has 2 saturated heterocycles. The highest BCUT2D eigenvalue weighted by atomic mass is 19.4. The third-order valence-corrected chi connectivity index (χ3v) is 6.97. The van der Waals surface area contributed by atoms with Crippen LogP contribution in [0.15, 0.2) is 42.0 Å². The second-order valence-corrected chi connectivity index (χ2v) is 8.93. The van der Waals surface area contributed by atoms with Crippen molar-refractivity contribution in [2.75, 3.05) is 7.05 Å². The highest BCUT2D eigenvalue weighted by molar-refractivity contribution is 5.87. The molecule has 4 atom stereocenters. The molecule has 2 heterocycles. The first-order valence-corrected chi connectivity index (χ1v) is 10.8. The Morgan fingerprint density at radius 1 is 1.16 bits per heavy atom. The Kier molecular flexibility index (Phi) is 5.98. The van der Waals surface area contributed by atoms with E-state index in [0.717, 1.165) is 43.4 Å². The Hall–Kier alpha value is -2.16. The van der Waals surface area contributed by atoms with Crippen LogP contribution in [0, 0.1) is 0 Å². The zero-order valence-corrected chi connectivity index (χ0v) is 17.5. The van der Waals surface area contributed by atoms with Crippen molar-refractivity contribution in [2.45, 2.75) is 68.5 Å². The van der Waals surface area contributed by atoms with Crippen LogP contribution in [0.3, 0.4) is 0 Å². The SMILES string of the molecule is CN1C2CCC1CC(NC(=O)C(N)C1=CC(c3ccc(C(F)(F)F)cc3)=CCC1N)C2. The number of rotatable bonds is 4. The second kappa shape index (κ2) is 8.41. The summed E-state index contributed by atoms with van der Waals surface area (Å²) in [5, 5.41) is 3.11. The molecule has 8 heteroatoms. The summed E-state index contributed by atoms with van der Waals surface area (Å²) in [5.41, 5.74) is 13.8. The number of allylic oxidation sites excluding steroid dienone is 2. The lowest BCUT2D eigenvalue weighted by molar-refractivity contribution is -0.137. The summed E-state index contributed by atoms with van der Waals surface area (Å²) in [5.74, 6) is -0.246. The first kappa shape index (κ1) is 22.0. The summed E-state index contributed by atoms with van der Waals surface area (Å²) in [6.45, 7) is 0. The predicted octanol–water partition coefficient (Wildman–Crippen LogP) is 2.81. The Balaban J connectivity index is 1.45. The molecule has 3 aliphatic rings. The van der Waals surface area contributed by atoms with Crippen LogP contribution in [0.4, 0.5) is 13.2 Å². The quantitative estimate of drug-likeness (QED) is 0.681. The summed E-state index contributed by atoms with van der Waals surface area (Å²) < 4.78 is 38.5. The molecule has 2 aliphatic heterocycles. The van der Waals surface area contributed by atoms with E-state index in [1.54, 1.807) is 6.08 Å². The molecule has 0 spiro atoms. The molecule has 2 bridgehead atoms. The predicted molar refractivity (Wildman–Crippen MR) is 114 cm³/mol. The minimum absolute atomic E-state index is 0.109. The van der Waals surface area contributed by atoms with Gasteiger partial charge in [-0.1, -0.05) is 24.3 Å². The lowest BCUT2D eigenvalue weighted by atomic mass is 9.87. The molecule has 1 aromatic rings. The number of benzene rings is 1. The summed E-state index contributed by atoms with van der Waals surface area (Å²) in [6, 6.07) is 4.81. The molecule has 1 aliphatic carbocycles. The van der Waals surface area contributed by atoms with Crippen LogP contribution >= 0.6 is 0 Å². The number of nitrogens with one attached hydrogen (secondary N) is 1. The summed E-state index contributed by atoms with van der Waals surface area (Å²) in [6.07, 6.45) is 3.89. The Bertz CT molecular complexity index is 879. The van der Waals surface area contributed by atoms with Gasteiger partial charge in [0.05, 0.1) is 5.56 Å². The van der Waals surface area contributed by atoms with Crippen LogP contribution in [-0.4, -0.2) is 48.1 Å². The van der Waals surface area contributed by atoms with Gasteiger partial charge in [0.2, 0.25) is 5.91 Å². The molecule has 4 unspecified atom stereocenters. The highest BCUT2D eigenvalue weighted by Crippen LogP contribution is 2.35. The number of hydrogen-bond donors (Lipinski definition) is 3. The van der Waals surface area contributed by atoms with Crippen molar-refractivity contribution in [3.63, 3.8) is 0 Å². The fourth-order valence-corrected chi connectivity index (χ4v) is 5.08. The summed E-state index contributed by atoms with van der Waals surface area (Å²) in [7, 11) is 2.15. The molecule has 2 fully saturated rings. The first-order valence-electron chi connectivity index (χ1n) is 10.8. The fourth-order valence-electron chi connectivity index (χ4n) is 5.08. The monoisotopic (exact) mass is 434 g/mol. The van der Waals surface area contributed by atoms with E-state index in [1.165, 1.54) is 12.1 Å². The molecule has 0 radical (unpaired) electrons. The molecule has 5 nitrogen and oxygen atoms in total. The van der Waals surface area contributed by atoms with E-state index in [1.807, 2.05) is 6.08 Å². The van der Waals surface area contributed by atoms with E-state index in [2.05, 4.69) is 17.3 Å². The molecule has 4 rings (SSSR count). The average molecular weight is 435 g/mol. The van der Waals surface area contributed by atoms with Crippen molar-refractivity contribution in [3.05, 3.63) is 53.1 Å². The Morgan fingerprint density at radius 3 is 2.35 bits per heavy atom. The smallest absolute Gasteiger partial charge is 0.352 e. The maximum absolute atomic E-state index is 12.9. The number of fused-ring (bicyclic) bond motifs is 2. The number of alkyl halides is 3. The van der Waals surface area contributed by atoms with Crippen LogP contribution < -0.4 is 16.8 Å². The van der Waals surface area contributed by atoms with Gasteiger partial charge >= 0.3 is 6.18 Å². The third kappa shape index (κ3) is 4.56. The molecule has 5 N–H and O–H groups in total. The minimum Gasteiger partial charge on any atom is -0.352 e. The van der Waals surface area contributed by atoms with E-state index < -0.39 is 23.8 Å². The number of nitrogens with two attached hydrogens (primary N) is 2. The van der Waals surface area contributed by atoms with E-state index in [4.69, 9.17) is 11.5 Å². The van der Waals surface area contributed by atoms with Gasteiger partial charge in [0, 0.05) is 24.2 Å². The standard InChI is InChI=1S/C23H29F3N4O/c1-30-17-7-8-18(30)12-16(11-17)29-22(31)21(28)19-10-14(4-9-20(19)27)13-2-5-15(6-3-13)23(24,25)26/h2-6,10,16-18,20-21H,7-9,11-12,27-28H2,1H3,(H,29,31). The molecular formula is C23H29F3N4O. The number of amides is 1. The van der Waals surface area contributed by atoms with E-state index in [0.29, 0.717) is 29.6 Å². The van der Waals surface area contributed by atoms with E-state index >= 15 is 0 Å². The third-order valence-electron chi connectivity index (χ3n) is 6.97.